The first-order chi connectivity index (χ1) is 17.0. The smallest absolute Gasteiger partial charge is 0.275 e. The van der Waals surface area contributed by atoms with Gasteiger partial charge in [0.15, 0.2) is 5.69 Å². The topological polar surface area (TPSA) is 81.7 Å². The van der Waals surface area contributed by atoms with Crippen molar-refractivity contribution in [2.75, 3.05) is 6.54 Å². The van der Waals surface area contributed by atoms with Crippen molar-refractivity contribution < 1.29 is 9.18 Å². The van der Waals surface area contributed by atoms with Crippen LogP contribution in [0.4, 0.5) is 4.39 Å². The van der Waals surface area contributed by atoms with Gasteiger partial charge >= 0.3 is 0 Å². The number of halogens is 1. The number of pyridine rings is 2. The second-order valence-corrected chi connectivity index (χ2v) is 8.53. The molecule has 0 spiro atoms. The lowest BCUT2D eigenvalue weighted by molar-refractivity contribution is 0.0716. The minimum Gasteiger partial charge on any atom is -0.332 e. The second-order valence-electron chi connectivity index (χ2n) is 8.53. The molecule has 1 atom stereocenters. The number of carbonyl (C=O) groups excluding carboxylic acids is 1. The molecule has 4 aromatic heterocycles. The number of rotatable bonds is 6. The molecule has 0 bridgehead atoms. The van der Waals surface area contributed by atoms with Crippen LogP contribution in [-0.2, 0) is 6.54 Å². The zero-order valence-corrected chi connectivity index (χ0v) is 19.7. The Labute approximate surface area is 202 Å². The average molecular weight is 472 g/mol. The first-order valence-electron chi connectivity index (χ1n) is 11.6. The molecule has 1 fully saturated rings. The molecular weight excluding hydrogens is 445 g/mol. The third kappa shape index (κ3) is 4.49. The fourth-order valence-electron chi connectivity index (χ4n) is 4.54. The lowest BCUT2D eigenvalue weighted by Gasteiger charge is -2.24. The molecule has 0 aromatic carbocycles. The zero-order valence-electron chi connectivity index (χ0n) is 19.7. The van der Waals surface area contributed by atoms with Gasteiger partial charge in [-0.2, -0.15) is 10.2 Å². The maximum atomic E-state index is 13.8. The molecule has 1 saturated heterocycles. The first-order valence-corrected chi connectivity index (χ1v) is 11.6. The van der Waals surface area contributed by atoms with Crippen molar-refractivity contribution in [2.45, 2.75) is 39.3 Å². The summed E-state index contributed by atoms with van der Waals surface area (Å²) in [5.41, 5.74) is 4.02. The van der Waals surface area contributed by atoms with Gasteiger partial charge in [0.1, 0.15) is 11.5 Å². The lowest BCUT2D eigenvalue weighted by atomic mass is 10.1. The maximum Gasteiger partial charge on any atom is 0.275 e. The van der Waals surface area contributed by atoms with Gasteiger partial charge in [0.25, 0.3) is 5.91 Å². The number of hydrogen-bond donors (Lipinski definition) is 0. The van der Waals surface area contributed by atoms with Crippen molar-refractivity contribution >= 4 is 12.1 Å². The Morgan fingerprint density at radius 2 is 2.00 bits per heavy atom. The third-order valence-corrected chi connectivity index (χ3v) is 6.23. The summed E-state index contributed by atoms with van der Waals surface area (Å²) in [6, 6.07) is 10.5. The molecule has 0 N–H and O–H groups in total. The molecule has 4 aromatic rings. The Morgan fingerprint density at radius 3 is 2.74 bits per heavy atom. The highest BCUT2D eigenvalue weighted by atomic mass is 19.1. The number of allylic oxidation sites excluding steroid dienone is 1. The van der Waals surface area contributed by atoms with E-state index in [0.717, 1.165) is 29.8 Å². The van der Waals surface area contributed by atoms with Gasteiger partial charge in [-0.15, -0.1) is 0 Å². The predicted molar refractivity (Wildman–Crippen MR) is 131 cm³/mol. The normalized spacial score (nSPS) is 15.9. The van der Waals surface area contributed by atoms with Crippen LogP contribution in [0, 0.1) is 12.7 Å². The summed E-state index contributed by atoms with van der Waals surface area (Å²) >= 11 is 0. The van der Waals surface area contributed by atoms with Crippen LogP contribution in [0.5, 0.6) is 0 Å². The Bertz CT molecular complexity index is 1360. The Kier molecular flexibility index (Phi) is 6.22. The van der Waals surface area contributed by atoms with E-state index in [1.54, 1.807) is 16.9 Å². The SMILES string of the molecule is C/C=C\n1nc(C(=O)N2CCC[C@H]2Cn2ccc(-c3ccc(F)cn3)n2)c(-c2ccccn2)c1C. The van der Waals surface area contributed by atoms with E-state index >= 15 is 0 Å². The van der Waals surface area contributed by atoms with Gasteiger partial charge in [-0.1, -0.05) is 12.1 Å². The Hall–Kier alpha value is -4.14. The molecule has 5 heterocycles. The summed E-state index contributed by atoms with van der Waals surface area (Å²) in [5, 5.41) is 9.25. The van der Waals surface area contributed by atoms with Gasteiger partial charge in [-0.05, 0) is 57.0 Å². The number of aromatic nitrogens is 6. The fraction of sp³-hybridized carbons (Fsp3) is 0.269. The van der Waals surface area contributed by atoms with Crippen molar-refractivity contribution in [3.8, 4) is 22.6 Å². The van der Waals surface area contributed by atoms with E-state index in [1.807, 2.05) is 66.2 Å². The molecule has 178 valence electrons. The molecule has 1 aliphatic rings. The Balaban J connectivity index is 1.41. The van der Waals surface area contributed by atoms with Crippen LogP contribution >= 0.6 is 0 Å². The molecule has 0 aliphatic carbocycles. The van der Waals surface area contributed by atoms with Gasteiger partial charge in [0, 0.05) is 25.1 Å². The van der Waals surface area contributed by atoms with Crippen molar-refractivity contribution in [3.63, 3.8) is 0 Å². The molecule has 1 amide bonds. The maximum absolute atomic E-state index is 13.8. The van der Waals surface area contributed by atoms with Crippen LogP contribution in [0.25, 0.3) is 28.8 Å². The molecular formula is C26H26FN7O. The van der Waals surface area contributed by atoms with E-state index in [-0.39, 0.29) is 17.8 Å². The number of likely N-dealkylation sites (tertiary alicyclic amines) is 1. The van der Waals surface area contributed by atoms with Gasteiger partial charge in [-0.25, -0.2) is 9.07 Å². The van der Waals surface area contributed by atoms with Crippen molar-refractivity contribution in [1.29, 1.82) is 0 Å². The monoisotopic (exact) mass is 471 g/mol. The van der Waals surface area contributed by atoms with Gasteiger partial charge < -0.3 is 4.90 Å². The molecule has 1 aliphatic heterocycles. The number of amides is 1. The predicted octanol–water partition coefficient (Wildman–Crippen LogP) is 4.45. The minimum absolute atomic E-state index is 0.0137. The van der Waals surface area contributed by atoms with E-state index in [2.05, 4.69) is 20.2 Å². The molecule has 0 saturated carbocycles. The highest BCUT2D eigenvalue weighted by molar-refractivity contribution is 5.99. The standard InChI is InChI=1S/C26H26FN7O/c1-3-13-34-18(2)24(23-8-4-5-12-28-23)25(31-34)26(35)33-14-6-7-20(33)17-32-15-11-22(30-32)21-10-9-19(27)16-29-21/h3-5,8-13,15-16,20H,6-7,14,17H2,1-2H3/b13-3-/t20-/m0/s1. The van der Waals surface area contributed by atoms with E-state index in [9.17, 15) is 9.18 Å². The second kappa shape index (κ2) is 9.61. The highest BCUT2D eigenvalue weighted by Crippen LogP contribution is 2.30. The average Bonchev–Trinajstić information content (AvgIpc) is 3.60. The van der Waals surface area contributed by atoms with Gasteiger partial charge in [0.2, 0.25) is 0 Å². The van der Waals surface area contributed by atoms with Gasteiger partial charge in [-0.3, -0.25) is 19.4 Å². The van der Waals surface area contributed by atoms with Crippen molar-refractivity contribution in [1.82, 2.24) is 34.4 Å². The first kappa shape index (κ1) is 22.6. The van der Waals surface area contributed by atoms with Crippen LogP contribution in [-0.4, -0.2) is 52.9 Å². The molecule has 5 rings (SSSR count). The number of carbonyl (C=O) groups is 1. The number of nitrogens with zero attached hydrogens (tertiary/aromatic N) is 7. The van der Waals surface area contributed by atoms with Crippen LogP contribution in [0.15, 0.2) is 61.1 Å². The third-order valence-electron chi connectivity index (χ3n) is 6.23. The summed E-state index contributed by atoms with van der Waals surface area (Å²) in [6.45, 7) is 5.08. The summed E-state index contributed by atoms with van der Waals surface area (Å²) in [5.74, 6) is -0.488. The lowest BCUT2D eigenvalue weighted by Crippen LogP contribution is -2.38. The summed E-state index contributed by atoms with van der Waals surface area (Å²) in [6.07, 6.45) is 10.3. The molecule has 8 nitrogen and oxygen atoms in total. The highest BCUT2D eigenvalue weighted by Gasteiger charge is 2.34. The van der Waals surface area contributed by atoms with Crippen molar-refractivity contribution in [2.24, 2.45) is 0 Å². The van der Waals surface area contributed by atoms with Crippen LogP contribution in [0.1, 0.15) is 35.9 Å². The zero-order chi connectivity index (χ0) is 24.4. The summed E-state index contributed by atoms with van der Waals surface area (Å²) < 4.78 is 16.8. The summed E-state index contributed by atoms with van der Waals surface area (Å²) in [4.78, 5) is 24.3. The molecule has 9 heteroatoms. The quantitative estimate of drug-likeness (QED) is 0.415. The van der Waals surface area contributed by atoms with E-state index < -0.39 is 0 Å². The number of hydrogen-bond acceptors (Lipinski definition) is 5. The molecule has 0 unspecified atom stereocenters. The van der Waals surface area contributed by atoms with E-state index in [0.29, 0.717) is 30.2 Å². The van der Waals surface area contributed by atoms with Crippen molar-refractivity contribution in [3.05, 3.63) is 78.3 Å². The van der Waals surface area contributed by atoms with E-state index in [1.165, 1.54) is 12.3 Å². The van der Waals surface area contributed by atoms with Crippen LogP contribution in [0.2, 0.25) is 0 Å². The van der Waals surface area contributed by atoms with E-state index in [4.69, 9.17) is 0 Å². The minimum atomic E-state index is -0.384. The molecule has 35 heavy (non-hydrogen) atoms. The van der Waals surface area contributed by atoms with Crippen LogP contribution in [0.3, 0.4) is 0 Å². The fourth-order valence-corrected chi connectivity index (χ4v) is 4.54. The Morgan fingerprint density at radius 1 is 1.11 bits per heavy atom. The summed E-state index contributed by atoms with van der Waals surface area (Å²) in [7, 11) is 0. The largest absolute Gasteiger partial charge is 0.332 e. The van der Waals surface area contributed by atoms with Crippen LogP contribution < -0.4 is 0 Å². The van der Waals surface area contributed by atoms with Gasteiger partial charge in [0.05, 0.1) is 41.4 Å². The molecule has 0 radical (unpaired) electrons.